The van der Waals surface area contributed by atoms with Crippen LogP contribution in [0, 0.1) is 0 Å². The van der Waals surface area contributed by atoms with Gasteiger partial charge in [-0.1, -0.05) is 0 Å². The minimum absolute atomic E-state index is 0.320. The number of nitrogens with one attached hydrogen (secondary N) is 1. The second-order valence-corrected chi connectivity index (χ2v) is 3.87. The van der Waals surface area contributed by atoms with E-state index in [4.69, 9.17) is 9.84 Å². The van der Waals surface area contributed by atoms with Crippen LogP contribution in [-0.2, 0) is 9.53 Å². The number of hydrogen-bond donors (Lipinski definition) is 2. The van der Waals surface area contributed by atoms with Crippen molar-refractivity contribution >= 4 is 12.0 Å². The van der Waals surface area contributed by atoms with Gasteiger partial charge in [0.2, 0.25) is 0 Å². The van der Waals surface area contributed by atoms with Gasteiger partial charge in [-0.25, -0.2) is 4.79 Å². The topological polar surface area (TPSA) is 78.9 Å². The summed E-state index contributed by atoms with van der Waals surface area (Å²) in [5, 5.41) is 11.0. The first-order valence-corrected chi connectivity index (χ1v) is 4.54. The maximum absolute atomic E-state index is 11.3. The maximum Gasteiger partial charge on any atom is 0.323 e. The van der Waals surface area contributed by atoms with Crippen LogP contribution in [0.4, 0.5) is 4.79 Å². The van der Waals surface area contributed by atoms with Gasteiger partial charge in [0.05, 0.1) is 5.60 Å². The summed E-state index contributed by atoms with van der Waals surface area (Å²) in [6, 6.07) is -0.428. The monoisotopic (exact) mass is 218 g/mol. The number of rotatable bonds is 5. The molecule has 0 rings (SSSR count). The van der Waals surface area contributed by atoms with E-state index < -0.39 is 17.6 Å². The lowest BCUT2D eigenvalue weighted by Gasteiger charge is -2.24. The molecule has 0 fully saturated rings. The molecule has 0 spiro atoms. The normalized spacial score (nSPS) is 10.9. The largest absolute Gasteiger partial charge is 0.480 e. The zero-order chi connectivity index (χ0) is 12.1. The van der Waals surface area contributed by atoms with Crippen molar-refractivity contribution in [2.24, 2.45) is 0 Å². The molecule has 6 heteroatoms. The molecule has 0 aliphatic carbocycles. The van der Waals surface area contributed by atoms with Crippen molar-refractivity contribution in [2.75, 3.05) is 27.2 Å². The van der Waals surface area contributed by atoms with E-state index >= 15 is 0 Å². The second-order valence-electron chi connectivity index (χ2n) is 3.87. The van der Waals surface area contributed by atoms with Crippen LogP contribution in [0.5, 0.6) is 0 Å². The van der Waals surface area contributed by atoms with E-state index in [1.807, 2.05) is 13.8 Å². The Morgan fingerprint density at radius 3 is 2.40 bits per heavy atom. The molecule has 2 amide bonds. The van der Waals surface area contributed by atoms with Crippen molar-refractivity contribution in [2.45, 2.75) is 19.4 Å². The lowest BCUT2D eigenvalue weighted by atomic mass is 10.1. The summed E-state index contributed by atoms with van der Waals surface area (Å²) in [6.07, 6.45) is 0. The van der Waals surface area contributed by atoms with Crippen molar-refractivity contribution in [3.63, 3.8) is 0 Å². The Labute approximate surface area is 89.2 Å². The predicted octanol–water partition coefficient (Wildman–Crippen LogP) is 0.137. The summed E-state index contributed by atoms with van der Waals surface area (Å²) in [7, 11) is 2.97. The molecule has 0 bridgehead atoms. The highest BCUT2D eigenvalue weighted by molar-refractivity contribution is 5.79. The fraction of sp³-hybridized carbons (Fsp3) is 0.778. The Hall–Kier alpha value is -1.30. The number of carbonyl (C=O) groups is 2. The van der Waals surface area contributed by atoms with E-state index in [2.05, 4.69) is 5.32 Å². The fourth-order valence-electron chi connectivity index (χ4n) is 0.770. The van der Waals surface area contributed by atoms with E-state index in [9.17, 15) is 9.59 Å². The lowest BCUT2D eigenvalue weighted by molar-refractivity contribution is -0.137. The molecule has 6 nitrogen and oxygen atoms in total. The summed E-state index contributed by atoms with van der Waals surface area (Å²) in [5.41, 5.74) is -0.459. The molecule has 0 unspecified atom stereocenters. The number of ether oxygens (including phenoxy) is 1. The number of carbonyl (C=O) groups excluding carboxylic acids is 1. The molecule has 0 heterocycles. The Morgan fingerprint density at radius 2 is 2.00 bits per heavy atom. The fourth-order valence-corrected chi connectivity index (χ4v) is 0.770. The van der Waals surface area contributed by atoms with Crippen LogP contribution in [0.1, 0.15) is 13.8 Å². The number of hydrogen-bond acceptors (Lipinski definition) is 3. The van der Waals surface area contributed by atoms with Crippen LogP contribution >= 0.6 is 0 Å². The van der Waals surface area contributed by atoms with Gasteiger partial charge in [0.15, 0.2) is 0 Å². The van der Waals surface area contributed by atoms with Crippen molar-refractivity contribution < 1.29 is 19.4 Å². The van der Waals surface area contributed by atoms with E-state index in [0.717, 1.165) is 4.90 Å². The Balaban J connectivity index is 3.98. The number of methoxy groups -OCH3 is 1. The number of carboxylic acid groups (broad SMARTS) is 1. The van der Waals surface area contributed by atoms with Crippen molar-refractivity contribution in [3.8, 4) is 0 Å². The molecule has 88 valence electrons. The summed E-state index contributed by atoms with van der Waals surface area (Å²) < 4.78 is 5.10. The van der Waals surface area contributed by atoms with Gasteiger partial charge in [-0.3, -0.25) is 4.79 Å². The summed E-state index contributed by atoms with van der Waals surface area (Å²) >= 11 is 0. The third-order valence-electron chi connectivity index (χ3n) is 1.94. The van der Waals surface area contributed by atoms with Crippen LogP contribution in [-0.4, -0.2) is 54.9 Å². The van der Waals surface area contributed by atoms with E-state index in [0.29, 0.717) is 6.54 Å². The van der Waals surface area contributed by atoms with Gasteiger partial charge >= 0.3 is 12.0 Å². The highest BCUT2D eigenvalue weighted by Crippen LogP contribution is 2.04. The van der Waals surface area contributed by atoms with Crippen molar-refractivity contribution in [1.82, 2.24) is 10.2 Å². The number of urea groups is 1. The Bertz CT molecular complexity index is 240. The molecule has 0 saturated carbocycles. The summed E-state index contributed by atoms with van der Waals surface area (Å²) in [6.45, 7) is 3.65. The van der Waals surface area contributed by atoms with Crippen LogP contribution in [0.25, 0.3) is 0 Å². The first-order chi connectivity index (χ1) is 6.78. The maximum atomic E-state index is 11.3. The first kappa shape index (κ1) is 13.7. The summed E-state index contributed by atoms with van der Waals surface area (Å²) in [4.78, 5) is 22.8. The molecule has 0 aromatic heterocycles. The van der Waals surface area contributed by atoms with Crippen LogP contribution in [0.2, 0.25) is 0 Å². The quantitative estimate of drug-likeness (QED) is 0.688. The van der Waals surface area contributed by atoms with Crippen LogP contribution in [0.3, 0.4) is 0 Å². The molecule has 0 aliphatic heterocycles. The molecule has 0 aromatic rings. The van der Waals surface area contributed by atoms with Gasteiger partial charge in [0.25, 0.3) is 0 Å². The average Bonchev–Trinajstić information content (AvgIpc) is 2.13. The minimum Gasteiger partial charge on any atom is -0.480 e. The number of aliphatic carboxylic acids is 1. The zero-order valence-electron chi connectivity index (χ0n) is 9.53. The molecule has 0 atom stereocenters. The number of amides is 2. The first-order valence-electron chi connectivity index (χ1n) is 4.54. The van der Waals surface area contributed by atoms with Crippen LogP contribution in [0.15, 0.2) is 0 Å². The third kappa shape index (κ3) is 5.90. The molecule has 0 aromatic carbocycles. The Kier molecular flexibility index (Phi) is 5.07. The van der Waals surface area contributed by atoms with Gasteiger partial charge < -0.3 is 20.1 Å². The van der Waals surface area contributed by atoms with Crippen molar-refractivity contribution in [3.05, 3.63) is 0 Å². The van der Waals surface area contributed by atoms with Gasteiger partial charge in [0.1, 0.15) is 6.54 Å². The number of carboxylic acids is 1. The molecule has 2 N–H and O–H groups in total. The second kappa shape index (κ2) is 5.55. The molecule has 15 heavy (non-hydrogen) atoms. The smallest absolute Gasteiger partial charge is 0.323 e. The lowest BCUT2D eigenvalue weighted by Crippen LogP contribution is -2.46. The van der Waals surface area contributed by atoms with Gasteiger partial charge in [0, 0.05) is 20.7 Å². The number of likely N-dealkylation sites (N-methyl/N-ethyl adjacent to an activating group) is 1. The van der Waals surface area contributed by atoms with Crippen LogP contribution < -0.4 is 5.32 Å². The summed E-state index contributed by atoms with van der Waals surface area (Å²) in [5.74, 6) is -1.04. The molecule has 0 aliphatic rings. The SMILES string of the molecule is COC(C)(C)CNC(=O)N(C)CC(=O)O. The average molecular weight is 218 g/mol. The standard InChI is InChI=1S/C9H18N2O4/c1-9(2,15-4)6-10-8(14)11(3)5-7(12)13/h5-6H2,1-4H3,(H,10,14)(H,12,13). The van der Waals surface area contributed by atoms with E-state index in [-0.39, 0.29) is 6.54 Å². The predicted molar refractivity (Wildman–Crippen MR) is 54.8 cm³/mol. The van der Waals surface area contributed by atoms with Gasteiger partial charge in [-0.15, -0.1) is 0 Å². The molecule has 0 radical (unpaired) electrons. The zero-order valence-corrected chi connectivity index (χ0v) is 9.53. The van der Waals surface area contributed by atoms with E-state index in [1.165, 1.54) is 7.05 Å². The molecule has 0 saturated heterocycles. The van der Waals surface area contributed by atoms with E-state index in [1.54, 1.807) is 7.11 Å². The Morgan fingerprint density at radius 1 is 1.47 bits per heavy atom. The minimum atomic E-state index is -1.04. The highest BCUT2D eigenvalue weighted by atomic mass is 16.5. The number of nitrogens with zero attached hydrogens (tertiary/aromatic N) is 1. The highest BCUT2D eigenvalue weighted by Gasteiger charge is 2.19. The molecular weight excluding hydrogens is 200 g/mol. The third-order valence-corrected chi connectivity index (χ3v) is 1.94. The van der Waals surface area contributed by atoms with Crippen molar-refractivity contribution in [1.29, 1.82) is 0 Å². The van der Waals surface area contributed by atoms with Gasteiger partial charge in [-0.2, -0.15) is 0 Å². The van der Waals surface area contributed by atoms with Gasteiger partial charge in [-0.05, 0) is 13.8 Å². The molecular formula is C9H18N2O4.